The molecule has 9 nitrogen and oxygen atoms in total. The Bertz CT molecular complexity index is 2350. The average Bonchev–Trinajstić information content (AvgIpc) is 3.52. The molecule has 4 aromatic rings. The summed E-state index contributed by atoms with van der Waals surface area (Å²) in [6, 6.07) is 21.4. The number of ether oxygens (including phenoxy) is 2. The van der Waals surface area contributed by atoms with E-state index in [-0.39, 0.29) is 29.3 Å². The summed E-state index contributed by atoms with van der Waals surface area (Å²) >= 11 is 21.5. The highest BCUT2D eigenvalue weighted by molar-refractivity contribution is 6.58. The molecule has 3 fully saturated rings. The number of hydrogen-bond donors (Lipinski definition) is 1. The van der Waals surface area contributed by atoms with Gasteiger partial charge in [0.25, 0.3) is 11.8 Å². The van der Waals surface area contributed by atoms with Gasteiger partial charge in [-0.2, -0.15) is 0 Å². The molecule has 4 aliphatic rings. The van der Waals surface area contributed by atoms with E-state index in [4.69, 9.17) is 44.3 Å². The molecule has 2 heterocycles. The number of halogens is 4. The molecule has 6 unspecified atom stereocenters. The van der Waals surface area contributed by atoms with E-state index < -0.39 is 62.9 Å². The summed E-state index contributed by atoms with van der Waals surface area (Å²) in [5.41, 5.74) is 2.88. The molecular formula is C42H32Cl3FN2O7. The smallest absolute Gasteiger partial charge is 0.258 e. The number of phenols is 1. The molecule has 1 saturated carbocycles. The van der Waals surface area contributed by atoms with Crippen LogP contribution in [0.15, 0.2) is 96.6 Å². The van der Waals surface area contributed by atoms with Crippen molar-refractivity contribution >= 4 is 82.0 Å². The minimum absolute atomic E-state index is 0.0580. The van der Waals surface area contributed by atoms with Gasteiger partial charge in [0.1, 0.15) is 23.1 Å². The number of alkyl halides is 2. The van der Waals surface area contributed by atoms with Crippen LogP contribution in [0.2, 0.25) is 5.02 Å². The Morgan fingerprint density at radius 2 is 1.49 bits per heavy atom. The maximum Gasteiger partial charge on any atom is 0.258 e. The number of hydrogen-bond acceptors (Lipinski definition) is 7. The molecule has 4 aromatic carbocycles. The van der Waals surface area contributed by atoms with Crippen LogP contribution in [-0.2, 0) is 19.2 Å². The molecule has 280 valence electrons. The first-order chi connectivity index (χ1) is 26.3. The zero-order valence-electron chi connectivity index (χ0n) is 29.3. The van der Waals surface area contributed by atoms with Gasteiger partial charge in [-0.05, 0) is 96.6 Å². The van der Waals surface area contributed by atoms with E-state index in [1.54, 1.807) is 56.7 Å². The number of aromatic hydroxyl groups is 1. The van der Waals surface area contributed by atoms with Gasteiger partial charge in [-0.3, -0.25) is 24.1 Å². The van der Waals surface area contributed by atoms with E-state index in [1.807, 2.05) is 18.2 Å². The quantitative estimate of drug-likeness (QED) is 0.0869. The van der Waals surface area contributed by atoms with Gasteiger partial charge in [0.05, 0.1) is 37.4 Å². The lowest BCUT2D eigenvalue weighted by Gasteiger charge is -2.50. The highest BCUT2D eigenvalue weighted by Crippen LogP contribution is 2.66. The lowest BCUT2D eigenvalue weighted by molar-refractivity contribution is -0.125. The normalized spacial score (nSPS) is 27.3. The highest BCUT2D eigenvalue weighted by atomic mass is 35.5. The number of nitrogens with zero attached hydrogens (tertiary/aromatic N) is 2. The Morgan fingerprint density at radius 1 is 0.800 bits per heavy atom. The molecular weight excluding hydrogens is 770 g/mol. The summed E-state index contributed by atoms with van der Waals surface area (Å²) in [4.78, 5) is 55.4. The van der Waals surface area contributed by atoms with Crippen molar-refractivity contribution in [1.29, 1.82) is 0 Å². The summed E-state index contributed by atoms with van der Waals surface area (Å²) in [7, 11) is 3.16. The molecule has 1 N–H and O–H groups in total. The lowest BCUT2D eigenvalue weighted by Crippen LogP contribution is -2.60. The molecule has 0 bridgehead atoms. The summed E-state index contributed by atoms with van der Waals surface area (Å²) < 4.78 is 24.7. The van der Waals surface area contributed by atoms with Crippen LogP contribution in [0, 0.1) is 23.6 Å². The second-order valence-corrected chi connectivity index (χ2v) is 15.6. The minimum Gasteiger partial charge on any atom is -0.508 e. The van der Waals surface area contributed by atoms with Gasteiger partial charge in [-0.1, -0.05) is 53.6 Å². The number of amides is 4. The third kappa shape index (κ3) is 5.56. The summed E-state index contributed by atoms with van der Waals surface area (Å²) in [5, 5.41) is 10.3. The first kappa shape index (κ1) is 36.8. The molecule has 6 atom stereocenters. The summed E-state index contributed by atoms with van der Waals surface area (Å²) in [6.45, 7) is 0. The van der Waals surface area contributed by atoms with E-state index in [2.05, 4.69) is 0 Å². The third-order valence-corrected chi connectivity index (χ3v) is 13.0. The maximum absolute atomic E-state index is 14.5. The summed E-state index contributed by atoms with van der Waals surface area (Å²) in [5.74, 6) is -5.61. The van der Waals surface area contributed by atoms with Crippen LogP contribution in [0.5, 0.6) is 17.2 Å². The van der Waals surface area contributed by atoms with Crippen molar-refractivity contribution in [3.8, 4) is 17.2 Å². The third-order valence-electron chi connectivity index (χ3n) is 11.2. The molecule has 0 spiro atoms. The van der Waals surface area contributed by atoms with Crippen molar-refractivity contribution in [2.24, 2.45) is 17.8 Å². The van der Waals surface area contributed by atoms with E-state index in [0.717, 1.165) is 28.2 Å². The Hall–Kier alpha value is -5.16. The monoisotopic (exact) mass is 800 g/mol. The second kappa shape index (κ2) is 13.5. The first-order valence-corrected chi connectivity index (χ1v) is 18.5. The number of rotatable bonds is 7. The first-order valence-electron chi connectivity index (χ1n) is 17.4. The van der Waals surface area contributed by atoms with E-state index in [1.165, 1.54) is 35.2 Å². The largest absolute Gasteiger partial charge is 0.508 e. The van der Waals surface area contributed by atoms with Crippen LogP contribution in [0.3, 0.4) is 0 Å². The van der Waals surface area contributed by atoms with Crippen LogP contribution >= 0.6 is 34.8 Å². The molecule has 2 aliphatic carbocycles. The number of carbonyl (C=O) groups is 4. The molecule has 0 radical (unpaired) electrons. The number of phenolic OH excluding ortho intramolecular Hbond substituents is 1. The molecule has 2 saturated heterocycles. The van der Waals surface area contributed by atoms with Gasteiger partial charge in [-0.25, -0.2) is 9.29 Å². The SMILES string of the molecule is COc1ccc(OC)c(C=Cc2ccc(N3C(=O)C4CC=C5C(CC6(Cl)C(=O)N(c7ccc(F)cc7)C(=O)C6(Cl)C5c5ccc(O)cc5Cl)C4C3=O)cc2)c1. The predicted molar refractivity (Wildman–Crippen MR) is 207 cm³/mol. The van der Waals surface area contributed by atoms with Gasteiger partial charge < -0.3 is 14.6 Å². The molecule has 13 heteroatoms. The van der Waals surface area contributed by atoms with Crippen molar-refractivity contribution in [2.75, 3.05) is 24.0 Å². The zero-order valence-corrected chi connectivity index (χ0v) is 31.6. The van der Waals surface area contributed by atoms with Crippen LogP contribution in [-0.4, -0.2) is 52.7 Å². The molecule has 8 rings (SSSR count). The standard InChI is InChI=1S/C42H32Cl3FN2O7/c1-54-28-14-18-34(55-2)23(19-28)6-3-22-4-9-25(10-5-22)47-37(50)31-17-16-29-32(35(31)38(47)51)21-41(44)39(52)48(26-11-7-24(46)8-12-26)40(53)42(41,45)36(29)30-15-13-27(49)20-33(30)43/h3-16,18-20,31-32,35-36,49H,17,21H2,1-2H3. The number of benzene rings is 4. The number of carbonyl (C=O) groups excluding carboxylic acids is 4. The number of fused-ring (bicyclic) bond motifs is 4. The van der Waals surface area contributed by atoms with Crippen molar-refractivity contribution < 1.29 is 38.1 Å². The highest BCUT2D eigenvalue weighted by Gasteiger charge is 2.76. The van der Waals surface area contributed by atoms with Gasteiger partial charge in [0.15, 0.2) is 9.75 Å². The van der Waals surface area contributed by atoms with Crippen LogP contribution in [0.1, 0.15) is 35.4 Å². The van der Waals surface area contributed by atoms with E-state index in [9.17, 15) is 28.7 Å². The second-order valence-electron chi connectivity index (χ2n) is 14.0. The topological polar surface area (TPSA) is 113 Å². The van der Waals surface area contributed by atoms with Crippen molar-refractivity contribution in [1.82, 2.24) is 0 Å². The maximum atomic E-state index is 14.5. The Balaban J connectivity index is 1.16. The molecule has 4 amide bonds. The molecule has 55 heavy (non-hydrogen) atoms. The van der Waals surface area contributed by atoms with Gasteiger partial charge in [0.2, 0.25) is 11.8 Å². The number of methoxy groups -OCH3 is 2. The fraction of sp³-hybridized carbons (Fsp3) is 0.238. The number of anilines is 2. The lowest BCUT2D eigenvalue weighted by atomic mass is 9.56. The van der Waals surface area contributed by atoms with Gasteiger partial charge in [-0.15, -0.1) is 23.2 Å². The van der Waals surface area contributed by atoms with Crippen LogP contribution < -0.4 is 19.3 Å². The van der Waals surface area contributed by atoms with E-state index >= 15 is 0 Å². The van der Waals surface area contributed by atoms with Crippen molar-refractivity contribution in [3.05, 3.63) is 124 Å². The Labute approximate surface area is 330 Å². The van der Waals surface area contributed by atoms with E-state index in [0.29, 0.717) is 28.3 Å². The number of imide groups is 2. The average molecular weight is 802 g/mol. The van der Waals surface area contributed by atoms with Crippen LogP contribution in [0.4, 0.5) is 15.8 Å². The number of allylic oxidation sites excluding steroid dienone is 2. The van der Waals surface area contributed by atoms with Gasteiger partial charge >= 0.3 is 0 Å². The Kier molecular flexibility index (Phi) is 9.06. The van der Waals surface area contributed by atoms with Crippen molar-refractivity contribution in [3.63, 3.8) is 0 Å². The van der Waals surface area contributed by atoms with Crippen molar-refractivity contribution in [2.45, 2.75) is 28.5 Å². The fourth-order valence-corrected chi connectivity index (χ4v) is 9.85. The predicted octanol–water partition coefficient (Wildman–Crippen LogP) is 8.14. The fourth-order valence-electron chi connectivity index (χ4n) is 8.64. The minimum atomic E-state index is -2.15. The Morgan fingerprint density at radius 3 is 2.16 bits per heavy atom. The molecule has 2 aliphatic heterocycles. The summed E-state index contributed by atoms with van der Waals surface area (Å²) in [6.07, 6.45) is 5.45. The van der Waals surface area contributed by atoms with Gasteiger partial charge in [0, 0.05) is 16.5 Å². The zero-order chi connectivity index (χ0) is 39.0. The van der Waals surface area contributed by atoms with Crippen LogP contribution in [0.25, 0.3) is 12.2 Å². The molecule has 0 aromatic heterocycles.